The summed E-state index contributed by atoms with van der Waals surface area (Å²) in [6, 6.07) is 16.3. The Hall–Kier alpha value is -2.60. The van der Waals surface area contributed by atoms with E-state index in [9.17, 15) is 4.79 Å². The summed E-state index contributed by atoms with van der Waals surface area (Å²) >= 11 is 3.45. The molecule has 2 aromatic carbocycles. The average Bonchev–Trinajstić information content (AvgIpc) is 3.16. The van der Waals surface area contributed by atoms with E-state index in [2.05, 4.69) is 59.6 Å². The molecule has 0 saturated heterocycles. The van der Waals surface area contributed by atoms with Crippen molar-refractivity contribution >= 4 is 26.8 Å². The summed E-state index contributed by atoms with van der Waals surface area (Å²) in [5.74, 6) is -0.106. The van der Waals surface area contributed by atoms with Crippen LogP contribution in [0.3, 0.4) is 0 Å². The number of hydrogen-bond donors (Lipinski definition) is 1. The van der Waals surface area contributed by atoms with Crippen LogP contribution in [0.2, 0.25) is 0 Å². The first kappa shape index (κ1) is 14.0. The van der Waals surface area contributed by atoms with Crippen molar-refractivity contribution in [1.29, 1.82) is 0 Å². The van der Waals surface area contributed by atoms with E-state index in [4.69, 9.17) is 0 Å². The molecule has 0 aliphatic carbocycles. The maximum atomic E-state index is 11.1. The van der Waals surface area contributed by atoms with Crippen molar-refractivity contribution in [3.05, 3.63) is 75.3 Å². The largest absolute Gasteiger partial charge is 0.439 e. The average molecular weight is 370 g/mol. The highest BCUT2D eigenvalue weighted by molar-refractivity contribution is 9.10. The molecule has 0 aliphatic rings. The molecule has 0 aliphatic heterocycles. The van der Waals surface area contributed by atoms with Crippen molar-refractivity contribution in [3.63, 3.8) is 0 Å². The Kier molecular flexibility index (Phi) is 3.38. The fourth-order valence-corrected chi connectivity index (χ4v) is 2.89. The summed E-state index contributed by atoms with van der Waals surface area (Å²) in [4.78, 5) is 13.6. The van der Waals surface area contributed by atoms with Crippen molar-refractivity contribution in [2.45, 2.75) is 6.54 Å². The van der Waals surface area contributed by atoms with E-state index in [1.54, 1.807) is 0 Å². The highest BCUT2D eigenvalue weighted by Gasteiger charge is 2.07. The third kappa shape index (κ3) is 2.73. The van der Waals surface area contributed by atoms with E-state index in [1.165, 1.54) is 5.56 Å². The van der Waals surface area contributed by atoms with Gasteiger partial charge in [-0.2, -0.15) is 0 Å². The number of aromatic amines is 1. The number of rotatable bonds is 3. The van der Waals surface area contributed by atoms with E-state index >= 15 is 0 Å². The molecule has 4 rings (SSSR count). The lowest BCUT2D eigenvalue weighted by Gasteiger charge is -2.06. The van der Waals surface area contributed by atoms with Gasteiger partial charge in [0.05, 0.1) is 0 Å². The van der Waals surface area contributed by atoms with E-state index in [-0.39, 0.29) is 0 Å². The SMILES string of the molecule is O=c1[nH]c(-c2ccc3c(ccn3Cc3ccc(Br)cc3)c2)no1. The molecule has 2 aromatic heterocycles. The lowest BCUT2D eigenvalue weighted by atomic mass is 10.1. The Bertz CT molecular complexity index is 1030. The predicted molar refractivity (Wildman–Crippen MR) is 91.3 cm³/mol. The van der Waals surface area contributed by atoms with Crippen molar-refractivity contribution in [2.24, 2.45) is 0 Å². The maximum Gasteiger partial charge on any atom is 0.439 e. The molecular weight excluding hydrogens is 358 g/mol. The Morgan fingerprint density at radius 3 is 2.70 bits per heavy atom. The number of aromatic nitrogens is 3. The van der Waals surface area contributed by atoms with Crippen LogP contribution in [0.15, 0.2) is 68.5 Å². The molecule has 4 aromatic rings. The molecule has 0 saturated carbocycles. The Balaban J connectivity index is 1.70. The van der Waals surface area contributed by atoms with Gasteiger partial charge in [0.2, 0.25) is 0 Å². The molecule has 6 heteroatoms. The van der Waals surface area contributed by atoms with Crippen LogP contribution in [0.25, 0.3) is 22.3 Å². The molecule has 0 fully saturated rings. The van der Waals surface area contributed by atoms with Crippen molar-refractivity contribution in [2.75, 3.05) is 0 Å². The quantitative estimate of drug-likeness (QED) is 0.597. The van der Waals surface area contributed by atoms with Gasteiger partial charge in [0.1, 0.15) is 0 Å². The zero-order chi connectivity index (χ0) is 15.8. The van der Waals surface area contributed by atoms with Gasteiger partial charge >= 0.3 is 5.76 Å². The molecule has 0 unspecified atom stereocenters. The van der Waals surface area contributed by atoms with Gasteiger partial charge in [0.15, 0.2) is 5.82 Å². The Morgan fingerprint density at radius 1 is 1.13 bits per heavy atom. The van der Waals surface area contributed by atoms with Crippen LogP contribution < -0.4 is 5.76 Å². The summed E-state index contributed by atoms with van der Waals surface area (Å²) in [7, 11) is 0. The van der Waals surface area contributed by atoms with Crippen molar-refractivity contribution in [1.82, 2.24) is 14.7 Å². The second kappa shape index (κ2) is 5.55. The fraction of sp³-hybridized carbons (Fsp3) is 0.0588. The number of hydrogen-bond acceptors (Lipinski definition) is 3. The third-order valence-corrected chi connectivity index (χ3v) is 4.28. The Labute approximate surface area is 139 Å². The summed E-state index contributed by atoms with van der Waals surface area (Å²) in [5.41, 5.74) is 3.18. The van der Waals surface area contributed by atoms with Crippen LogP contribution >= 0.6 is 15.9 Å². The lowest BCUT2D eigenvalue weighted by molar-refractivity contribution is 0.388. The minimum absolute atomic E-state index is 0.442. The molecule has 0 bridgehead atoms. The fourth-order valence-electron chi connectivity index (χ4n) is 2.63. The van der Waals surface area contributed by atoms with Crippen LogP contribution in [0.5, 0.6) is 0 Å². The van der Waals surface area contributed by atoms with Crippen LogP contribution in [0, 0.1) is 0 Å². The molecule has 0 atom stereocenters. The van der Waals surface area contributed by atoms with Gasteiger partial charge in [-0.3, -0.25) is 9.51 Å². The summed E-state index contributed by atoms with van der Waals surface area (Å²) in [6.07, 6.45) is 2.06. The zero-order valence-electron chi connectivity index (χ0n) is 12.0. The molecule has 5 nitrogen and oxygen atoms in total. The minimum Gasteiger partial charge on any atom is -0.343 e. The monoisotopic (exact) mass is 369 g/mol. The van der Waals surface area contributed by atoms with Crippen molar-refractivity contribution in [3.8, 4) is 11.4 Å². The van der Waals surface area contributed by atoms with Gasteiger partial charge in [0.25, 0.3) is 0 Å². The predicted octanol–water partition coefficient (Wildman–Crippen LogP) is 3.80. The van der Waals surface area contributed by atoms with E-state index < -0.39 is 5.76 Å². The Morgan fingerprint density at radius 2 is 1.96 bits per heavy atom. The van der Waals surface area contributed by atoms with Crippen LogP contribution in [0.1, 0.15) is 5.56 Å². The van der Waals surface area contributed by atoms with Gasteiger partial charge in [-0.25, -0.2) is 4.79 Å². The molecule has 0 spiro atoms. The molecule has 1 N–H and O–H groups in total. The van der Waals surface area contributed by atoms with E-state index in [1.807, 2.05) is 30.3 Å². The minimum atomic E-state index is -0.548. The standard InChI is InChI=1S/C17H12BrN3O2/c18-14-4-1-11(2-5-14)10-21-8-7-12-9-13(3-6-15(12)21)16-19-17(22)23-20-16/h1-9H,10H2,(H,19,20,22). The molecule has 2 heterocycles. The second-order valence-electron chi connectivity index (χ2n) is 5.29. The number of halogens is 1. The van der Waals surface area contributed by atoms with Crippen LogP contribution in [-0.4, -0.2) is 14.7 Å². The van der Waals surface area contributed by atoms with Gasteiger partial charge in [-0.05, 0) is 42.0 Å². The second-order valence-corrected chi connectivity index (χ2v) is 6.20. The molecular formula is C17H12BrN3O2. The summed E-state index contributed by atoms with van der Waals surface area (Å²) in [5, 5.41) is 4.81. The first-order valence-corrected chi connectivity index (χ1v) is 7.88. The maximum absolute atomic E-state index is 11.1. The lowest BCUT2D eigenvalue weighted by Crippen LogP contribution is -1.97. The topological polar surface area (TPSA) is 63.8 Å². The van der Waals surface area contributed by atoms with Gasteiger partial charge < -0.3 is 4.57 Å². The van der Waals surface area contributed by atoms with Crippen LogP contribution in [0.4, 0.5) is 0 Å². The molecule has 0 radical (unpaired) electrons. The first-order chi connectivity index (χ1) is 11.2. The first-order valence-electron chi connectivity index (χ1n) is 7.09. The number of H-pyrrole nitrogens is 1. The van der Waals surface area contributed by atoms with E-state index in [0.29, 0.717) is 5.82 Å². The summed E-state index contributed by atoms with van der Waals surface area (Å²) < 4.78 is 7.82. The number of nitrogens with zero attached hydrogens (tertiary/aromatic N) is 2. The van der Waals surface area contributed by atoms with Gasteiger partial charge in [-0.1, -0.05) is 33.2 Å². The number of benzene rings is 2. The summed E-state index contributed by atoms with van der Waals surface area (Å²) in [6.45, 7) is 0.803. The number of fused-ring (bicyclic) bond motifs is 1. The third-order valence-electron chi connectivity index (χ3n) is 3.75. The molecule has 114 valence electrons. The van der Waals surface area contributed by atoms with Crippen LogP contribution in [-0.2, 0) is 6.54 Å². The zero-order valence-corrected chi connectivity index (χ0v) is 13.6. The number of nitrogens with one attached hydrogen (secondary N) is 1. The van der Waals surface area contributed by atoms with E-state index in [0.717, 1.165) is 27.5 Å². The molecule has 0 amide bonds. The van der Waals surface area contributed by atoms with Gasteiger partial charge in [-0.15, -0.1) is 0 Å². The normalized spacial score (nSPS) is 11.2. The van der Waals surface area contributed by atoms with Crippen molar-refractivity contribution < 1.29 is 4.52 Å². The highest BCUT2D eigenvalue weighted by atomic mass is 79.9. The smallest absolute Gasteiger partial charge is 0.343 e. The highest BCUT2D eigenvalue weighted by Crippen LogP contribution is 2.23. The van der Waals surface area contributed by atoms with Gasteiger partial charge in [0, 0.05) is 33.7 Å². The molecule has 23 heavy (non-hydrogen) atoms.